The van der Waals surface area contributed by atoms with Crippen LogP contribution in [-0.2, 0) is 29.2 Å². The summed E-state index contributed by atoms with van der Waals surface area (Å²) in [5, 5.41) is 6.76. The molecular weight excluding hydrogens is 505 g/mol. The van der Waals surface area contributed by atoms with Crippen LogP contribution < -0.4 is 15.4 Å². The van der Waals surface area contributed by atoms with Crippen molar-refractivity contribution in [1.82, 2.24) is 10.6 Å². The van der Waals surface area contributed by atoms with Crippen molar-refractivity contribution in [2.24, 2.45) is 4.99 Å². The van der Waals surface area contributed by atoms with Gasteiger partial charge in [-0.15, -0.1) is 24.0 Å². The minimum Gasteiger partial charge on any atom is -0.488 e. The number of aliphatic imine (C=N–C) groups is 1. The van der Waals surface area contributed by atoms with E-state index in [0.717, 1.165) is 36.8 Å². The van der Waals surface area contributed by atoms with Gasteiger partial charge < -0.3 is 24.8 Å². The Bertz CT molecular complexity index is 839. The zero-order valence-electron chi connectivity index (χ0n) is 18.6. The number of halogens is 1. The van der Waals surface area contributed by atoms with Crippen molar-refractivity contribution in [2.75, 3.05) is 26.9 Å². The molecule has 0 amide bonds. The summed E-state index contributed by atoms with van der Waals surface area (Å²) in [5.41, 5.74) is 4.63. The van der Waals surface area contributed by atoms with Crippen molar-refractivity contribution in [3.8, 4) is 5.75 Å². The molecule has 170 valence electrons. The molecule has 31 heavy (non-hydrogen) atoms. The number of methoxy groups -OCH3 is 1. The maximum absolute atomic E-state index is 6.20. The maximum atomic E-state index is 6.20. The highest BCUT2D eigenvalue weighted by Crippen LogP contribution is 2.24. The average Bonchev–Trinajstić information content (AvgIpc) is 3.25. The largest absolute Gasteiger partial charge is 0.488 e. The molecule has 2 aromatic carbocycles. The van der Waals surface area contributed by atoms with Gasteiger partial charge in [-0.3, -0.25) is 0 Å². The van der Waals surface area contributed by atoms with Crippen molar-refractivity contribution >= 4 is 29.9 Å². The summed E-state index contributed by atoms with van der Waals surface area (Å²) in [4.78, 5) is 4.79. The van der Waals surface area contributed by atoms with E-state index in [1.807, 2.05) is 12.1 Å². The van der Waals surface area contributed by atoms with Crippen LogP contribution in [0.15, 0.2) is 47.5 Å². The van der Waals surface area contributed by atoms with E-state index in [2.05, 4.69) is 54.8 Å². The summed E-state index contributed by atoms with van der Waals surface area (Å²) in [6, 6.07) is 14.6. The van der Waals surface area contributed by atoms with Crippen LogP contribution in [0, 0.1) is 6.92 Å². The van der Waals surface area contributed by atoms with E-state index in [9.17, 15) is 0 Å². The Morgan fingerprint density at radius 3 is 2.65 bits per heavy atom. The molecule has 6 nitrogen and oxygen atoms in total. The van der Waals surface area contributed by atoms with Gasteiger partial charge in [0, 0.05) is 32.2 Å². The SMILES string of the molecule is CCNC(=NCc1ccc(C)cc1OC1CCOC1)NCc1ccccc1COC.I. The number of benzene rings is 2. The van der Waals surface area contributed by atoms with Crippen LogP contribution in [0.1, 0.15) is 35.6 Å². The smallest absolute Gasteiger partial charge is 0.191 e. The van der Waals surface area contributed by atoms with Gasteiger partial charge in [0.05, 0.1) is 26.4 Å². The Hall–Kier alpha value is -1.84. The molecule has 2 N–H and O–H groups in total. The molecule has 1 aliphatic heterocycles. The minimum absolute atomic E-state index is 0. The van der Waals surface area contributed by atoms with Crippen LogP contribution in [0.4, 0.5) is 0 Å². The average molecular weight is 539 g/mol. The summed E-state index contributed by atoms with van der Waals surface area (Å²) in [6.07, 6.45) is 1.06. The molecule has 1 fully saturated rings. The van der Waals surface area contributed by atoms with Gasteiger partial charge in [-0.2, -0.15) is 0 Å². The Balaban J connectivity index is 0.00000341. The Labute approximate surface area is 202 Å². The lowest BCUT2D eigenvalue weighted by Crippen LogP contribution is -2.37. The fourth-order valence-corrected chi connectivity index (χ4v) is 3.40. The number of ether oxygens (including phenoxy) is 3. The summed E-state index contributed by atoms with van der Waals surface area (Å²) < 4.78 is 17.0. The zero-order valence-corrected chi connectivity index (χ0v) is 21.0. The van der Waals surface area contributed by atoms with Crippen LogP contribution >= 0.6 is 24.0 Å². The summed E-state index contributed by atoms with van der Waals surface area (Å²) in [6.45, 7) is 8.18. The highest BCUT2D eigenvalue weighted by Gasteiger charge is 2.18. The molecule has 1 atom stereocenters. The van der Waals surface area contributed by atoms with E-state index < -0.39 is 0 Å². The number of nitrogens with zero attached hydrogens (tertiary/aromatic N) is 1. The molecule has 0 aliphatic carbocycles. The number of nitrogens with one attached hydrogen (secondary N) is 2. The third-order valence-electron chi connectivity index (χ3n) is 5.02. The van der Waals surface area contributed by atoms with Gasteiger partial charge in [0.2, 0.25) is 0 Å². The van der Waals surface area contributed by atoms with Gasteiger partial charge >= 0.3 is 0 Å². The first-order valence-corrected chi connectivity index (χ1v) is 10.6. The molecule has 0 saturated carbocycles. The molecular formula is C24H34IN3O3. The third-order valence-corrected chi connectivity index (χ3v) is 5.02. The third kappa shape index (κ3) is 7.97. The van der Waals surface area contributed by atoms with Crippen LogP contribution in [0.5, 0.6) is 5.75 Å². The van der Waals surface area contributed by atoms with E-state index in [1.54, 1.807) is 7.11 Å². The molecule has 1 saturated heterocycles. The first-order chi connectivity index (χ1) is 14.7. The van der Waals surface area contributed by atoms with E-state index in [-0.39, 0.29) is 30.1 Å². The molecule has 0 spiro atoms. The number of guanidine groups is 1. The van der Waals surface area contributed by atoms with Crippen molar-refractivity contribution < 1.29 is 14.2 Å². The molecule has 3 rings (SSSR count). The van der Waals surface area contributed by atoms with Gasteiger partial charge in [-0.05, 0) is 36.6 Å². The normalized spacial score (nSPS) is 16.0. The van der Waals surface area contributed by atoms with Gasteiger partial charge in [0.1, 0.15) is 11.9 Å². The lowest BCUT2D eigenvalue weighted by atomic mass is 10.1. The highest BCUT2D eigenvalue weighted by atomic mass is 127. The molecule has 0 aromatic heterocycles. The van der Waals surface area contributed by atoms with Crippen molar-refractivity contribution in [2.45, 2.75) is 46.1 Å². The van der Waals surface area contributed by atoms with Crippen molar-refractivity contribution in [3.05, 3.63) is 64.7 Å². The zero-order chi connectivity index (χ0) is 21.2. The lowest BCUT2D eigenvalue weighted by molar-refractivity contribution is 0.140. The van der Waals surface area contributed by atoms with Crippen LogP contribution in [0.2, 0.25) is 0 Å². The summed E-state index contributed by atoms with van der Waals surface area (Å²) >= 11 is 0. The quantitative estimate of drug-likeness (QED) is 0.285. The summed E-state index contributed by atoms with van der Waals surface area (Å²) in [7, 11) is 1.72. The predicted molar refractivity (Wildman–Crippen MR) is 135 cm³/mol. The first kappa shape index (κ1) is 25.4. The van der Waals surface area contributed by atoms with E-state index >= 15 is 0 Å². The van der Waals surface area contributed by atoms with E-state index in [1.165, 1.54) is 16.7 Å². The van der Waals surface area contributed by atoms with Crippen LogP contribution in [-0.4, -0.2) is 38.9 Å². The summed E-state index contributed by atoms with van der Waals surface area (Å²) in [5.74, 6) is 1.68. The topological polar surface area (TPSA) is 64.1 Å². The van der Waals surface area contributed by atoms with Gasteiger partial charge in [0.25, 0.3) is 0 Å². The molecule has 0 radical (unpaired) electrons. The molecule has 7 heteroatoms. The number of rotatable bonds is 9. The Morgan fingerprint density at radius 1 is 1.13 bits per heavy atom. The van der Waals surface area contributed by atoms with Gasteiger partial charge in [-0.25, -0.2) is 4.99 Å². The van der Waals surface area contributed by atoms with Crippen LogP contribution in [0.25, 0.3) is 0 Å². The monoisotopic (exact) mass is 539 g/mol. The van der Waals surface area contributed by atoms with Gasteiger partial charge in [0.15, 0.2) is 5.96 Å². The molecule has 1 unspecified atom stereocenters. The van der Waals surface area contributed by atoms with Gasteiger partial charge in [-0.1, -0.05) is 36.4 Å². The maximum Gasteiger partial charge on any atom is 0.191 e. The standard InChI is InChI=1S/C24H33N3O3.HI/c1-4-25-24(26-14-19-7-5-6-8-21(19)16-28-3)27-15-20-10-9-18(2)13-23(20)30-22-11-12-29-17-22;/h5-10,13,22H,4,11-12,14-17H2,1-3H3,(H2,25,26,27);1H. The first-order valence-electron chi connectivity index (χ1n) is 10.6. The number of aryl methyl sites for hydroxylation is 1. The molecule has 0 bridgehead atoms. The molecule has 1 heterocycles. The molecule has 2 aromatic rings. The van der Waals surface area contributed by atoms with Crippen LogP contribution in [0.3, 0.4) is 0 Å². The van der Waals surface area contributed by atoms with Crippen molar-refractivity contribution in [3.63, 3.8) is 0 Å². The second kappa shape index (κ2) is 13.5. The second-order valence-electron chi connectivity index (χ2n) is 7.47. The Kier molecular flexibility index (Phi) is 11.1. The van der Waals surface area contributed by atoms with E-state index in [0.29, 0.717) is 26.3 Å². The molecule has 1 aliphatic rings. The second-order valence-corrected chi connectivity index (χ2v) is 7.47. The van der Waals surface area contributed by atoms with E-state index in [4.69, 9.17) is 19.2 Å². The minimum atomic E-state index is 0. The fourth-order valence-electron chi connectivity index (χ4n) is 3.40. The number of hydrogen-bond donors (Lipinski definition) is 2. The predicted octanol–water partition coefficient (Wildman–Crippen LogP) is 4.18. The van der Waals surface area contributed by atoms with Crippen molar-refractivity contribution in [1.29, 1.82) is 0 Å². The lowest BCUT2D eigenvalue weighted by Gasteiger charge is -2.17. The highest BCUT2D eigenvalue weighted by molar-refractivity contribution is 14.0. The number of hydrogen-bond acceptors (Lipinski definition) is 4. The Morgan fingerprint density at radius 2 is 1.94 bits per heavy atom. The fraction of sp³-hybridized carbons (Fsp3) is 0.458.